The quantitative estimate of drug-likeness (QED) is 0.333. The molecular formula is C26H29N7O3S. The van der Waals surface area contributed by atoms with E-state index in [1.807, 2.05) is 34.6 Å². The number of amides is 2. The van der Waals surface area contributed by atoms with Crippen LogP contribution in [0.3, 0.4) is 0 Å². The van der Waals surface area contributed by atoms with Gasteiger partial charge in [-0.3, -0.25) is 14.0 Å². The van der Waals surface area contributed by atoms with Gasteiger partial charge in [0.1, 0.15) is 22.9 Å². The van der Waals surface area contributed by atoms with Crippen molar-refractivity contribution in [1.29, 1.82) is 0 Å². The molecule has 3 aromatic rings. The van der Waals surface area contributed by atoms with Crippen molar-refractivity contribution in [3.63, 3.8) is 0 Å². The fourth-order valence-electron chi connectivity index (χ4n) is 4.96. The Hall–Kier alpha value is -3.83. The van der Waals surface area contributed by atoms with Crippen LogP contribution in [0, 0.1) is 5.41 Å². The number of nitrogens with zero attached hydrogens (tertiary/aromatic N) is 4. The van der Waals surface area contributed by atoms with Crippen molar-refractivity contribution in [2.24, 2.45) is 11.1 Å². The fraction of sp³-hybridized carbons (Fsp3) is 0.346. The molecule has 5 rings (SSSR count). The number of nitrogens with two attached hydrogens (primary N) is 2. The molecule has 11 heteroatoms. The maximum atomic E-state index is 13.2. The van der Waals surface area contributed by atoms with Crippen molar-refractivity contribution in [3.8, 4) is 11.3 Å². The minimum absolute atomic E-state index is 0.0477. The summed E-state index contributed by atoms with van der Waals surface area (Å²) in [6.45, 7) is 4.22. The molecule has 0 radical (unpaired) electrons. The van der Waals surface area contributed by atoms with Crippen LogP contribution in [-0.2, 0) is 9.53 Å². The zero-order valence-corrected chi connectivity index (χ0v) is 21.3. The number of hydrogen-bond donors (Lipinski definition) is 3. The molecule has 5 N–H and O–H groups in total. The third-order valence-electron chi connectivity index (χ3n) is 7.03. The standard InChI is InChI=1S/C26H29N7O3S/c1-26(14-36-15-26)25(35)32-9-2-3-18(12-32)23-31-20(21-22(28)29-8-10-33(21)23)16-4-6-17(7-5-16)24(34)30-19(11-27)13-37/h4-8,10-11,13,18H,2-3,9,12,14-15,27H2,1H3,(H2,28,29)(H,30,34)/t18-/m1/s1. The predicted octanol–water partition coefficient (Wildman–Crippen LogP) is 2.25. The topological polar surface area (TPSA) is 141 Å². The lowest BCUT2D eigenvalue weighted by Crippen LogP contribution is -2.55. The van der Waals surface area contributed by atoms with Crippen LogP contribution in [-0.4, -0.2) is 62.8 Å². The minimum atomic E-state index is -0.436. The molecule has 192 valence electrons. The van der Waals surface area contributed by atoms with Gasteiger partial charge in [0, 0.05) is 54.1 Å². The molecule has 0 unspecified atom stereocenters. The number of imidazole rings is 1. The fourth-order valence-corrected chi connectivity index (χ4v) is 5.09. The van der Waals surface area contributed by atoms with Gasteiger partial charge in [-0.1, -0.05) is 24.4 Å². The Morgan fingerprint density at radius 3 is 2.68 bits per heavy atom. The van der Waals surface area contributed by atoms with E-state index in [9.17, 15) is 9.59 Å². The van der Waals surface area contributed by atoms with E-state index >= 15 is 0 Å². The molecule has 0 bridgehead atoms. The Bertz CT molecular complexity index is 1400. The van der Waals surface area contributed by atoms with Crippen molar-refractivity contribution in [3.05, 3.63) is 59.9 Å². The average molecular weight is 520 g/mol. The Kier molecular flexibility index (Phi) is 6.65. The first-order valence-electron chi connectivity index (χ1n) is 12.1. The highest BCUT2D eigenvalue weighted by molar-refractivity contribution is 7.79. The van der Waals surface area contributed by atoms with Gasteiger partial charge in [-0.15, -0.1) is 0 Å². The third-order valence-corrected chi connectivity index (χ3v) is 7.28. The van der Waals surface area contributed by atoms with Crippen LogP contribution in [0.15, 0.2) is 48.6 Å². The number of likely N-dealkylation sites (tertiary alicyclic amines) is 1. The largest absolute Gasteiger partial charge is 0.403 e. The first-order valence-corrected chi connectivity index (χ1v) is 12.6. The van der Waals surface area contributed by atoms with Gasteiger partial charge < -0.3 is 26.4 Å². The highest BCUT2D eigenvalue weighted by Gasteiger charge is 2.44. The van der Waals surface area contributed by atoms with E-state index in [0.29, 0.717) is 48.0 Å². The Morgan fingerprint density at radius 2 is 2.03 bits per heavy atom. The molecule has 2 amide bonds. The molecule has 0 saturated carbocycles. The number of nitrogens with one attached hydrogen (secondary N) is 1. The zero-order chi connectivity index (χ0) is 26.2. The van der Waals surface area contributed by atoms with E-state index in [2.05, 4.69) is 10.3 Å². The number of anilines is 1. The van der Waals surface area contributed by atoms with Crippen LogP contribution < -0.4 is 16.8 Å². The molecule has 0 spiro atoms. The summed E-state index contributed by atoms with van der Waals surface area (Å²) in [6, 6.07) is 7.07. The Balaban J connectivity index is 1.46. The van der Waals surface area contributed by atoms with E-state index in [-0.39, 0.29) is 17.7 Å². The lowest BCUT2D eigenvalue weighted by Gasteiger charge is -2.42. The van der Waals surface area contributed by atoms with Gasteiger partial charge in [0.2, 0.25) is 5.91 Å². The van der Waals surface area contributed by atoms with E-state index in [4.69, 9.17) is 33.4 Å². The highest BCUT2D eigenvalue weighted by Crippen LogP contribution is 2.36. The number of rotatable bonds is 6. The van der Waals surface area contributed by atoms with Gasteiger partial charge >= 0.3 is 0 Å². The maximum Gasteiger partial charge on any atom is 0.255 e. The molecule has 2 aliphatic rings. The number of carbonyl (C=O) groups is 2. The maximum absolute atomic E-state index is 13.2. The predicted molar refractivity (Wildman–Crippen MR) is 144 cm³/mol. The van der Waals surface area contributed by atoms with Crippen molar-refractivity contribution >= 4 is 40.7 Å². The lowest BCUT2D eigenvalue weighted by atomic mass is 9.85. The summed E-state index contributed by atoms with van der Waals surface area (Å²) in [5, 5.41) is 3.96. The normalized spacial score (nSPS) is 19.3. The van der Waals surface area contributed by atoms with Crippen molar-refractivity contribution < 1.29 is 14.3 Å². The molecule has 10 nitrogen and oxygen atoms in total. The number of aromatic nitrogens is 3. The number of benzene rings is 1. The molecular weight excluding hydrogens is 490 g/mol. The summed E-state index contributed by atoms with van der Waals surface area (Å²) < 4.78 is 7.29. The number of fused-ring (bicyclic) bond motifs is 1. The lowest BCUT2D eigenvalue weighted by molar-refractivity contribution is -0.169. The molecule has 0 aliphatic carbocycles. The third kappa shape index (κ3) is 4.56. The summed E-state index contributed by atoms with van der Waals surface area (Å²) in [5.41, 5.74) is 14.3. The summed E-state index contributed by atoms with van der Waals surface area (Å²) in [6.07, 6.45) is 6.56. The van der Waals surface area contributed by atoms with Gasteiger partial charge in [0.05, 0.1) is 24.3 Å². The summed E-state index contributed by atoms with van der Waals surface area (Å²) in [5.74, 6) is 1.07. The first kappa shape index (κ1) is 24.8. The van der Waals surface area contributed by atoms with Crippen LogP contribution in [0.25, 0.3) is 16.8 Å². The first-order chi connectivity index (χ1) is 17.8. The van der Waals surface area contributed by atoms with E-state index in [1.54, 1.807) is 18.3 Å². The van der Waals surface area contributed by atoms with E-state index in [1.165, 1.54) is 11.6 Å². The smallest absolute Gasteiger partial charge is 0.255 e. The molecule has 4 heterocycles. The van der Waals surface area contributed by atoms with Gasteiger partial charge in [0.25, 0.3) is 5.91 Å². The molecule has 2 saturated heterocycles. The van der Waals surface area contributed by atoms with Gasteiger partial charge in [-0.25, -0.2) is 9.97 Å². The van der Waals surface area contributed by atoms with Crippen molar-refractivity contribution in [1.82, 2.24) is 24.6 Å². The number of thiocarbonyl (C=S) groups is 1. The molecule has 2 aromatic heterocycles. The van der Waals surface area contributed by atoms with E-state index in [0.717, 1.165) is 30.8 Å². The molecule has 2 aliphatic heterocycles. The minimum Gasteiger partial charge on any atom is -0.403 e. The van der Waals surface area contributed by atoms with Crippen molar-refractivity contribution in [2.45, 2.75) is 25.7 Å². The molecule has 1 atom stereocenters. The van der Waals surface area contributed by atoms with Gasteiger partial charge in [-0.05, 0) is 31.9 Å². The van der Waals surface area contributed by atoms with Crippen LogP contribution in [0.4, 0.5) is 5.82 Å². The summed E-state index contributed by atoms with van der Waals surface area (Å²) >= 11 is 4.84. The number of piperidine rings is 1. The van der Waals surface area contributed by atoms with Gasteiger partial charge in [0.15, 0.2) is 0 Å². The summed E-state index contributed by atoms with van der Waals surface area (Å²) in [7, 11) is 0. The van der Waals surface area contributed by atoms with Crippen LogP contribution >= 0.6 is 12.2 Å². The number of allylic oxidation sites excluding steroid dienone is 1. The van der Waals surface area contributed by atoms with Gasteiger partial charge in [-0.2, -0.15) is 0 Å². The van der Waals surface area contributed by atoms with Crippen molar-refractivity contribution in [2.75, 3.05) is 32.0 Å². The molecule has 2 fully saturated rings. The number of ether oxygens (including phenoxy) is 1. The second kappa shape index (κ2) is 9.91. The SMILES string of the molecule is CC1(C(=O)N2CCC[C@@H](c3nc(-c4ccc(C(=O)NC(C=S)=CN)cc4)c4c(N)nccn34)C2)COC1. The number of hydrogen-bond acceptors (Lipinski definition) is 8. The zero-order valence-electron chi connectivity index (χ0n) is 20.5. The summed E-state index contributed by atoms with van der Waals surface area (Å²) in [4.78, 5) is 36.9. The van der Waals surface area contributed by atoms with Crippen LogP contribution in [0.5, 0.6) is 0 Å². The van der Waals surface area contributed by atoms with Crippen LogP contribution in [0.2, 0.25) is 0 Å². The highest BCUT2D eigenvalue weighted by atomic mass is 32.1. The number of carbonyl (C=O) groups excluding carboxylic acids is 2. The second-order valence-corrected chi connectivity index (χ2v) is 10.0. The van der Waals surface area contributed by atoms with E-state index < -0.39 is 5.41 Å². The van der Waals surface area contributed by atoms with Crippen LogP contribution in [0.1, 0.15) is 41.9 Å². The Morgan fingerprint density at radius 1 is 1.27 bits per heavy atom. The molecule has 37 heavy (non-hydrogen) atoms. The second-order valence-electron chi connectivity index (χ2n) is 9.76. The monoisotopic (exact) mass is 519 g/mol. The Labute approximate surface area is 219 Å². The molecule has 1 aromatic carbocycles. The average Bonchev–Trinajstić information content (AvgIpc) is 3.31. The number of nitrogen functional groups attached to an aromatic ring is 1.